The van der Waals surface area contributed by atoms with Gasteiger partial charge in [-0.25, -0.2) is 9.37 Å². The van der Waals surface area contributed by atoms with Crippen LogP contribution in [0.3, 0.4) is 0 Å². The van der Waals surface area contributed by atoms with Crippen LogP contribution in [0.15, 0.2) is 17.3 Å². The lowest BCUT2D eigenvalue weighted by Gasteiger charge is -1.97. The first-order valence-electron chi connectivity index (χ1n) is 2.98. The molecule has 0 amide bonds. The second kappa shape index (κ2) is 2.78. The number of aryl methyl sites for hydroxylation is 1. The molecule has 1 aromatic heterocycles. The summed E-state index contributed by atoms with van der Waals surface area (Å²) in [5.41, 5.74) is -0.0440. The molecule has 6 heteroatoms. The van der Waals surface area contributed by atoms with Gasteiger partial charge in [-0.15, -0.1) is 0 Å². The summed E-state index contributed by atoms with van der Waals surface area (Å²) < 4.78 is 45.3. The van der Waals surface area contributed by atoms with E-state index in [9.17, 15) is 16.7 Å². The Morgan fingerprint density at radius 3 is 2.50 bits per heavy atom. The molecule has 0 radical (unpaired) electrons. The van der Waals surface area contributed by atoms with Crippen molar-refractivity contribution in [3.8, 4) is 0 Å². The van der Waals surface area contributed by atoms with Gasteiger partial charge in [0.2, 0.25) is 0 Å². The summed E-state index contributed by atoms with van der Waals surface area (Å²) in [5, 5.41) is -0.732. The molecule has 12 heavy (non-hydrogen) atoms. The van der Waals surface area contributed by atoms with Gasteiger partial charge in [-0.1, -0.05) is 3.89 Å². The fourth-order valence-electron chi connectivity index (χ4n) is 0.783. The van der Waals surface area contributed by atoms with Crippen molar-refractivity contribution in [3.63, 3.8) is 0 Å². The largest absolute Gasteiger partial charge is 0.350 e. The molecule has 0 saturated carbocycles. The maximum absolute atomic E-state index is 12.4. The SMILES string of the molecule is Cc1cc(F)cnc1S(=O)(=O)F. The van der Waals surface area contributed by atoms with Crippen LogP contribution in [0.1, 0.15) is 5.56 Å². The monoisotopic (exact) mass is 193 g/mol. The second-order valence-corrected chi connectivity index (χ2v) is 3.48. The van der Waals surface area contributed by atoms with E-state index in [2.05, 4.69) is 4.98 Å². The van der Waals surface area contributed by atoms with Gasteiger partial charge in [-0.3, -0.25) is 0 Å². The highest BCUT2D eigenvalue weighted by Gasteiger charge is 2.16. The number of halogens is 2. The number of hydrogen-bond donors (Lipinski definition) is 0. The summed E-state index contributed by atoms with van der Waals surface area (Å²) in [6.45, 7) is 1.27. The Bertz CT molecular complexity index is 402. The van der Waals surface area contributed by atoms with Gasteiger partial charge in [-0.05, 0) is 18.6 Å². The van der Waals surface area contributed by atoms with Crippen LogP contribution in [0.2, 0.25) is 0 Å². The Labute approximate surface area is 68.3 Å². The van der Waals surface area contributed by atoms with Crippen LogP contribution in [-0.4, -0.2) is 13.4 Å². The van der Waals surface area contributed by atoms with E-state index in [1.807, 2.05) is 0 Å². The topological polar surface area (TPSA) is 47.0 Å². The molecule has 0 bridgehead atoms. The highest BCUT2D eigenvalue weighted by atomic mass is 32.3. The van der Waals surface area contributed by atoms with Crippen LogP contribution in [0.25, 0.3) is 0 Å². The van der Waals surface area contributed by atoms with Crippen molar-refractivity contribution in [1.29, 1.82) is 0 Å². The van der Waals surface area contributed by atoms with E-state index >= 15 is 0 Å². The van der Waals surface area contributed by atoms with E-state index < -0.39 is 21.1 Å². The number of hydrogen-bond acceptors (Lipinski definition) is 3. The van der Waals surface area contributed by atoms with Crippen LogP contribution in [-0.2, 0) is 10.2 Å². The maximum atomic E-state index is 12.4. The molecule has 1 aromatic rings. The van der Waals surface area contributed by atoms with Gasteiger partial charge in [0, 0.05) is 0 Å². The molecule has 1 rings (SSSR count). The first kappa shape index (κ1) is 9.05. The van der Waals surface area contributed by atoms with E-state index in [0.717, 1.165) is 6.07 Å². The van der Waals surface area contributed by atoms with Crippen molar-refractivity contribution in [2.75, 3.05) is 0 Å². The van der Waals surface area contributed by atoms with E-state index in [-0.39, 0.29) is 5.56 Å². The van der Waals surface area contributed by atoms with E-state index in [1.54, 1.807) is 0 Å². The fourth-order valence-corrected chi connectivity index (χ4v) is 1.41. The summed E-state index contributed by atoms with van der Waals surface area (Å²) in [6, 6.07) is 0.902. The molecular formula is C6H5F2NO2S. The summed E-state index contributed by atoms with van der Waals surface area (Å²) >= 11 is 0. The fraction of sp³-hybridized carbons (Fsp3) is 0.167. The Morgan fingerprint density at radius 2 is 2.08 bits per heavy atom. The molecule has 0 aromatic carbocycles. The quantitative estimate of drug-likeness (QED) is 0.629. The number of rotatable bonds is 1. The molecule has 3 nitrogen and oxygen atoms in total. The lowest BCUT2D eigenvalue weighted by molar-refractivity contribution is 0.544. The molecule has 66 valence electrons. The third-order valence-electron chi connectivity index (χ3n) is 1.23. The summed E-state index contributed by atoms with van der Waals surface area (Å²) in [4.78, 5) is 3.11. The van der Waals surface area contributed by atoms with Crippen molar-refractivity contribution in [3.05, 3.63) is 23.6 Å². The first-order chi connectivity index (χ1) is 5.41. The molecule has 0 N–H and O–H groups in total. The first-order valence-corrected chi connectivity index (χ1v) is 4.36. The Morgan fingerprint density at radius 1 is 1.50 bits per heavy atom. The van der Waals surface area contributed by atoms with Gasteiger partial charge in [0.05, 0.1) is 6.20 Å². The van der Waals surface area contributed by atoms with E-state index in [1.165, 1.54) is 6.92 Å². The molecule has 0 aliphatic carbocycles. The average molecular weight is 193 g/mol. The maximum Gasteiger partial charge on any atom is 0.350 e. The lowest BCUT2D eigenvalue weighted by atomic mass is 10.3. The summed E-state index contributed by atoms with van der Waals surface area (Å²) in [6.07, 6.45) is 0.652. The minimum Gasteiger partial charge on any atom is -0.239 e. The van der Waals surface area contributed by atoms with Crippen LogP contribution in [0.5, 0.6) is 0 Å². The van der Waals surface area contributed by atoms with Crippen molar-refractivity contribution in [1.82, 2.24) is 4.98 Å². The number of nitrogens with zero attached hydrogens (tertiary/aromatic N) is 1. The molecule has 0 unspecified atom stereocenters. The zero-order valence-electron chi connectivity index (χ0n) is 6.08. The van der Waals surface area contributed by atoms with Crippen LogP contribution in [0, 0.1) is 12.7 Å². The number of aromatic nitrogens is 1. The normalized spacial score (nSPS) is 11.6. The second-order valence-electron chi connectivity index (χ2n) is 2.21. The Balaban J connectivity index is 3.39. The highest BCUT2D eigenvalue weighted by molar-refractivity contribution is 7.86. The molecule has 1 heterocycles. The molecule has 0 saturated heterocycles. The molecule has 0 aliphatic heterocycles. The van der Waals surface area contributed by atoms with Crippen LogP contribution >= 0.6 is 0 Å². The number of pyridine rings is 1. The molecule has 0 fully saturated rings. The predicted octanol–water partition coefficient (Wildman–Crippen LogP) is 1.19. The van der Waals surface area contributed by atoms with Crippen LogP contribution in [0.4, 0.5) is 8.28 Å². The van der Waals surface area contributed by atoms with Crippen molar-refractivity contribution in [2.45, 2.75) is 11.9 Å². The minimum absolute atomic E-state index is 0.0440. The smallest absolute Gasteiger partial charge is 0.239 e. The van der Waals surface area contributed by atoms with Gasteiger partial charge in [0.1, 0.15) is 5.82 Å². The van der Waals surface area contributed by atoms with Gasteiger partial charge < -0.3 is 0 Å². The lowest BCUT2D eigenvalue weighted by Crippen LogP contribution is -1.99. The zero-order valence-corrected chi connectivity index (χ0v) is 6.90. The van der Waals surface area contributed by atoms with Crippen molar-refractivity contribution >= 4 is 10.2 Å². The van der Waals surface area contributed by atoms with Crippen molar-refractivity contribution in [2.24, 2.45) is 0 Å². The van der Waals surface area contributed by atoms with Gasteiger partial charge in [0.25, 0.3) is 0 Å². The predicted molar refractivity (Wildman–Crippen MR) is 37.2 cm³/mol. The standard InChI is InChI=1S/C6H5F2NO2S/c1-4-2-5(7)3-9-6(4)12(8,10)11/h2-3H,1H3. The zero-order chi connectivity index (χ0) is 9.35. The molecule has 0 atom stereocenters. The van der Waals surface area contributed by atoms with Gasteiger partial charge in [-0.2, -0.15) is 8.42 Å². The average Bonchev–Trinajstić information content (AvgIpc) is 1.83. The molecule has 0 aliphatic rings. The molecule has 0 spiro atoms. The molecular weight excluding hydrogens is 188 g/mol. The third kappa shape index (κ3) is 1.76. The minimum atomic E-state index is -4.83. The van der Waals surface area contributed by atoms with Crippen molar-refractivity contribution < 1.29 is 16.7 Å². The highest BCUT2D eigenvalue weighted by Crippen LogP contribution is 2.14. The van der Waals surface area contributed by atoms with Crippen LogP contribution < -0.4 is 0 Å². The third-order valence-corrected chi connectivity index (χ3v) is 2.12. The van der Waals surface area contributed by atoms with Gasteiger partial charge >= 0.3 is 10.2 Å². The summed E-state index contributed by atoms with van der Waals surface area (Å²) in [7, 11) is -4.83. The Kier molecular flexibility index (Phi) is 2.10. The van der Waals surface area contributed by atoms with Gasteiger partial charge in [0.15, 0.2) is 5.03 Å². The Hall–Kier alpha value is -1.04. The van der Waals surface area contributed by atoms with E-state index in [4.69, 9.17) is 0 Å². The van der Waals surface area contributed by atoms with E-state index in [0.29, 0.717) is 6.20 Å². The summed E-state index contributed by atoms with van der Waals surface area (Å²) in [5.74, 6) is -0.695.